The van der Waals surface area contributed by atoms with Crippen LogP contribution in [-0.4, -0.2) is 11.0 Å². The van der Waals surface area contributed by atoms with E-state index >= 15 is 0 Å². The second-order valence-corrected chi connectivity index (χ2v) is 1.56. The smallest absolute Gasteiger partial charge is 0.317 e. The highest BCUT2D eigenvalue weighted by molar-refractivity contribution is 7.32. The second kappa shape index (κ2) is 3.62. The maximum Gasteiger partial charge on any atom is 0.317 e. The van der Waals surface area contributed by atoms with Gasteiger partial charge in [0.2, 0.25) is 0 Å². The molecule has 0 heterocycles. The summed E-state index contributed by atoms with van der Waals surface area (Å²) in [6.45, 7) is 0. The molecule has 6 heavy (non-hydrogen) atoms. The number of rotatable bonds is 2. The van der Waals surface area contributed by atoms with E-state index in [1.54, 1.807) is 0 Å². The average molecular weight is 130 g/mol. The molecule has 0 saturated carbocycles. The lowest BCUT2D eigenvalue weighted by Crippen LogP contribution is -1.68. The van der Waals surface area contributed by atoms with Crippen molar-refractivity contribution >= 4 is 19.9 Å². The Morgan fingerprint density at radius 3 is 2.50 bits per heavy atom. The van der Waals surface area contributed by atoms with Gasteiger partial charge < -0.3 is 4.89 Å². The van der Waals surface area contributed by atoms with Crippen molar-refractivity contribution in [1.29, 1.82) is 0 Å². The van der Waals surface area contributed by atoms with E-state index < -0.39 is 8.25 Å². The SMILES string of the molecule is O=[PH](O)OCCl. The summed E-state index contributed by atoms with van der Waals surface area (Å²) in [6, 6.07) is -0.214. The predicted octanol–water partition coefficient (Wildman–Crippen LogP) is 0.581. The fraction of sp³-hybridized carbons (Fsp3) is 1.00. The molecule has 0 aromatic heterocycles. The largest absolute Gasteiger partial charge is 0.326 e. The molecule has 0 aliphatic heterocycles. The van der Waals surface area contributed by atoms with Crippen molar-refractivity contribution in [3.8, 4) is 0 Å². The monoisotopic (exact) mass is 130 g/mol. The summed E-state index contributed by atoms with van der Waals surface area (Å²) in [4.78, 5) is 7.79. The quantitative estimate of drug-likeness (QED) is 0.439. The van der Waals surface area contributed by atoms with Crippen LogP contribution < -0.4 is 0 Å². The van der Waals surface area contributed by atoms with Crippen LogP contribution in [-0.2, 0) is 9.09 Å². The lowest BCUT2D eigenvalue weighted by Gasteiger charge is -1.85. The van der Waals surface area contributed by atoms with Gasteiger partial charge in [0.25, 0.3) is 0 Å². The van der Waals surface area contributed by atoms with E-state index in [9.17, 15) is 4.57 Å². The highest BCUT2D eigenvalue weighted by Crippen LogP contribution is 2.13. The van der Waals surface area contributed by atoms with E-state index in [0.29, 0.717) is 0 Å². The van der Waals surface area contributed by atoms with Crippen molar-refractivity contribution in [3.05, 3.63) is 0 Å². The van der Waals surface area contributed by atoms with Crippen molar-refractivity contribution < 1.29 is 14.0 Å². The lowest BCUT2D eigenvalue weighted by molar-refractivity contribution is 0.328. The van der Waals surface area contributed by atoms with E-state index in [1.165, 1.54) is 0 Å². The molecule has 0 spiro atoms. The molecule has 3 nitrogen and oxygen atoms in total. The highest BCUT2D eigenvalue weighted by Gasteiger charge is 1.82. The summed E-state index contributed by atoms with van der Waals surface area (Å²) in [5, 5.41) is 0. The minimum absolute atomic E-state index is 0.214. The molecule has 0 rings (SSSR count). The summed E-state index contributed by atoms with van der Waals surface area (Å²) >= 11 is 4.84. The van der Waals surface area contributed by atoms with E-state index in [0.717, 1.165) is 0 Å². The average Bonchev–Trinajstić information content (AvgIpc) is 1.35. The first-order valence-electron chi connectivity index (χ1n) is 1.19. The molecule has 0 fully saturated rings. The molecule has 0 radical (unpaired) electrons. The lowest BCUT2D eigenvalue weighted by atomic mass is 11.7. The van der Waals surface area contributed by atoms with Gasteiger partial charge in [-0.25, -0.2) is 0 Å². The van der Waals surface area contributed by atoms with E-state index in [4.69, 9.17) is 16.5 Å². The number of hydrogen-bond donors (Lipinski definition) is 1. The summed E-state index contributed by atoms with van der Waals surface area (Å²) < 4.78 is 13.4. The highest BCUT2D eigenvalue weighted by atomic mass is 35.5. The zero-order chi connectivity index (χ0) is 4.99. The van der Waals surface area contributed by atoms with Crippen LogP contribution in [0.15, 0.2) is 0 Å². The van der Waals surface area contributed by atoms with Crippen LogP contribution in [0.1, 0.15) is 0 Å². The normalized spacial score (nSPS) is 14.3. The van der Waals surface area contributed by atoms with Crippen LogP contribution in [0.4, 0.5) is 0 Å². The first kappa shape index (κ1) is 6.44. The summed E-state index contributed by atoms with van der Waals surface area (Å²) in [5.74, 6) is 0. The van der Waals surface area contributed by atoms with Crippen LogP contribution in [0.25, 0.3) is 0 Å². The maximum atomic E-state index is 9.48. The van der Waals surface area contributed by atoms with Crippen molar-refractivity contribution in [2.75, 3.05) is 6.07 Å². The third kappa shape index (κ3) is 4.44. The van der Waals surface area contributed by atoms with Crippen LogP contribution in [0.5, 0.6) is 0 Å². The Morgan fingerprint density at radius 2 is 2.50 bits per heavy atom. The first-order chi connectivity index (χ1) is 2.77. The molecule has 0 aromatic carbocycles. The van der Waals surface area contributed by atoms with Gasteiger partial charge in [0.15, 0.2) is 0 Å². The van der Waals surface area contributed by atoms with Gasteiger partial charge in [-0.2, -0.15) is 0 Å². The summed E-state index contributed by atoms with van der Waals surface area (Å²) in [7, 11) is -2.77. The van der Waals surface area contributed by atoms with Crippen molar-refractivity contribution in [2.45, 2.75) is 0 Å². The molecule has 0 aliphatic rings. The molecule has 0 bridgehead atoms. The third-order valence-electron chi connectivity index (χ3n) is 0.178. The molecular formula is CH4ClO3P. The standard InChI is InChI=1S/CH4ClO3P/c2-1-5-6(3)4/h6H,1H2,(H,3,4). The molecule has 0 amide bonds. The Morgan fingerprint density at radius 1 is 2.00 bits per heavy atom. The second-order valence-electron chi connectivity index (χ2n) is 0.519. The number of halogens is 1. The Balaban J connectivity index is 2.83. The Kier molecular flexibility index (Phi) is 3.89. The van der Waals surface area contributed by atoms with Crippen molar-refractivity contribution in [1.82, 2.24) is 0 Å². The van der Waals surface area contributed by atoms with Gasteiger partial charge in [0, 0.05) is 0 Å². The molecule has 1 unspecified atom stereocenters. The van der Waals surface area contributed by atoms with E-state index in [1.807, 2.05) is 0 Å². The topological polar surface area (TPSA) is 46.5 Å². The third-order valence-corrected chi connectivity index (χ3v) is 0.861. The Bertz CT molecular complexity index is 54.8. The molecule has 5 heteroatoms. The van der Waals surface area contributed by atoms with Gasteiger partial charge in [-0.3, -0.25) is 9.09 Å². The fourth-order valence-corrected chi connectivity index (χ4v) is 0.420. The van der Waals surface area contributed by atoms with Gasteiger partial charge in [-0.1, -0.05) is 11.6 Å². The number of alkyl halides is 1. The van der Waals surface area contributed by atoms with Gasteiger partial charge in [0.05, 0.1) is 0 Å². The van der Waals surface area contributed by atoms with Gasteiger partial charge in [-0.05, 0) is 0 Å². The zero-order valence-corrected chi connectivity index (χ0v) is 4.60. The van der Waals surface area contributed by atoms with Crippen LogP contribution in [0.3, 0.4) is 0 Å². The van der Waals surface area contributed by atoms with Crippen molar-refractivity contribution in [2.24, 2.45) is 0 Å². The van der Waals surface area contributed by atoms with Crippen LogP contribution >= 0.6 is 19.9 Å². The van der Waals surface area contributed by atoms with Crippen molar-refractivity contribution in [3.63, 3.8) is 0 Å². The Hall–Kier alpha value is 0.440. The first-order valence-corrected chi connectivity index (χ1v) is 2.99. The van der Waals surface area contributed by atoms with Gasteiger partial charge in [-0.15, -0.1) is 0 Å². The van der Waals surface area contributed by atoms with Crippen LogP contribution in [0.2, 0.25) is 0 Å². The van der Waals surface area contributed by atoms with Crippen LogP contribution in [0, 0.1) is 0 Å². The molecule has 1 N–H and O–H groups in total. The van der Waals surface area contributed by atoms with E-state index in [-0.39, 0.29) is 6.07 Å². The molecule has 1 atom stereocenters. The Labute approximate surface area is 40.8 Å². The minimum atomic E-state index is -2.77. The maximum absolute atomic E-state index is 9.48. The van der Waals surface area contributed by atoms with E-state index in [2.05, 4.69) is 4.52 Å². The summed E-state index contributed by atoms with van der Waals surface area (Å²) in [5.41, 5.74) is 0. The zero-order valence-electron chi connectivity index (χ0n) is 2.85. The summed E-state index contributed by atoms with van der Waals surface area (Å²) in [6.07, 6.45) is 0. The molecule has 0 aliphatic carbocycles. The van der Waals surface area contributed by atoms with Gasteiger partial charge in [0.1, 0.15) is 6.07 Å². The molecule has 0 saturated heterocycles. The fourth-order valence-electron chi connectivity index (χ4n) is 0.0467. The minimum Gasteiger partial charge on any atom is -0.326 e. The number of hydrogen-bond acceptors (Lipinski definition) is 2. The molecule has 38 valence electrons. The molecule has 0 aromatic rings. The van der Waals surface area contributed by atoms with Gasteiger partial charge >= 0.3 is 8.25 Å². The predicted molar refractivity (Wildman–Crippen MR) is 23.0 cm³/mol. The molecular weight excluding hydrogens is 126 g/mol.